The van der Waals surface area contributed by atoms with Crippen molar-refractivity contribution in [1.82, 2.24) is 9.78 Å². The van der Waals surface area contributed by atoms with E-state index in [9.17, 15) is 10.1 Å². The SMILES string of the molecule is CCC(CC)n1ccc([N+](=O)[O-])n1. The van der Waals surface area contributed by atoms with Crippen LogP contribution < -0.4 is 0 Å². The van der Waals surface area contributed by atoms with E-state index in [1.165, 1.54) is 6.07 Å². The molecule has 0 aliphatic heterocycles. The van der Waals surface area contributed by atoms with Crippen LogP contribution in [0.5, 0.6) is 0 Å². The van der Waals surface area contributed by atoms with Crippen molar-refractivity contribution in [2.45, 2.75) is 32.7 Å². The molecule has 0 bridgehead atoms. The van der Waals surface area contributed by atoms with E-state index in [1.807, 2.05) is 13.8 Å². The second-order valence-electron chi connectivity index (χ2n) is 2.88. The Kier molecular flexibility index (Phi) is 3.00. The first-order chi connectivity index (χ1) is 6.19. The van der Waals surface area contributed by atoms with Gasteiger partial charge in [-0.15, -0.1) is 0 Å². The van der Waals surface area contributed by atoms with Gasteiger partial charge in [0, 0.05) is 0 Å². The Morgan fingerprint density at radius 2 is 2.23 bits per heavy atom. The molecular weight excluding hydrogens is 170 g/mol. The minimum atomic E-state index is -0.473. The van der Waals surface area contributed by atoms with Gasteiger partial charge in [-0.2, -0.15) is 4.68 Å². The summed E-state index contributed by atoms with van der Waals surface area (Å²) in [6.07, 6.45) is 3.54. The summed E-state index contributed by atoms with van der Waals surface area (Å²) in [4.78, 5) is 9.87. The van der Waals surface area contributed by atoms with E-state index in [0.717, 1.165) is 12.8 Å². The van der Waals surface area contributed by atoms with E-state index in [0.29, 0.717) is 0 Å². The molecule has 0 saturated heterocycles. The second kappa shape index (κ2) is 4.02. The number of aromatic nitrogens is 2. The monoisotopic (exact) mass is 183 g/mol. The summed E-state index contributed by atoms with van der Waals surface area (Å²) >= 11 is 0. The zero-order chi connectivity index (χ0) is 9.84. The lowest BCUT2D eigenvalue weighted by atomic mass is 10.2. The normalized spacial score (nSPS) is 10.7. The van der Waals surface area contributed by atoms with Crippen molar-refractivity contribution < 1.29 is 4.92 Å². The summed E-state index contributed by atoms with van der Waals surface area (Å²) in [5.74, 6) is -0.0769. The fraction of sp³-hybridized carbons (Fsp3) is 0.625. The maximum Gasteiger partial charge on any atom is 0.389 e. The maximum absolute atomic E-state index is 10.3. The standard InChI is InChI=1S/C8H13N3O2/c1-3-7(4-2)10-6-5-8(9-10)11(12)13/h5-7H,3-4H2,1-2H3. The average molecular weight is 183 g/mol. The highest BCUT2D eigenvalue weighted by atomic mass is 16.6. The van der Waals surface area contributed by atoms with Gasteiger partial charge in [0.2, 0.25) is 0 Å². The van der Waals surface area contributed by atoms with Crippen LogP contribution in [-0.4, -0.2) is 14.7 Å². The van der Waals surface area contributed by atoms with Gasteiger partial charge < -0.3 is 10.1 Å². The molecule has 0 spiro atoms. The fourth-order valence-electron chi connectivity index (χ4n) is 1.29. The Morgan fingerprint density at radius 3 is 2.62 bits per heavy atom. The quantitative estimate of drug-likeness (QED) is 0.530. The minimum absolute atomic E-state index is 0.0769. The molecule has 1 heterocycles. The first-order valence-corrected chi connectivity index (χ1v) is 4.38. The number of rotatable bonds is 4. The Bertz CT molecular complexity index is 291. The summed E-state index contributed by atoms with van der Waals surface area (Å²) in [6.45, 7) is 4.09. The van der Waals surface area contributed by atoms with E-state index in [-0.39, 0.29) is 11.9 Å². The van der Waals surface area contributed by atoms with Crippen LogP contribution in [0.15, 0.2) is 12.3 Å². The van der Waals surface area contributed by atoms with Crippen LogP contribution in [0.1, 0.15) is 32.7 Å². The smallest absolute Gasteiger partial charge is 0.358 e. The molecule has 0 atom stereocenters. The van der Waals surface area contributed by atoms with E-state index >= 15 is 0 Å². The van der Waals surface area contributed by atoms with Gasteiger partial charge in [-0.25, -0.2) is 0 Å². The molecule has 0 amide bonds. The zero-order valence-electron chi connectivity index (χ0n) is 7.80. The van der Waals surface area contributed by atoms with Gasteiger partial charge in [0.25, 0.3) is 0 Å². The van der Waals surface area contributed by atoms with Gasteiger partial charge >= 0.3 is 5.82 Å². The summed E-state index contributed by atoms with van der Waals surface area (Å²) in [5.41, 5.74) is 0. The van der Waals surface area contributed by atoms with E-state index in [4.69, 9.17) is 0 Å². The van der Waals surface area contributed by atoms with E-state index in [1.54, 1.807) is 10.9 Å². The van der Waals surface area contributed by atoms with Crippen LogP contribution in [0.25, 0.3) is 0 Å². The molecule has 0 saturated carbocycles. The lowest BCUT2D eigenvalue weighted by Crippen LogP contribution is -2.07. The molecule has 1 aromatic rings. The van der Waals surface area contributed by atoms with E-state index < -0.39 is 4.92 Å². The summed E-state index contributed by atoms with van der Waals surface area (Å²) in [5, 5.41) is 14.2. The Morgan fingerprint density at radius 1 is 1.62 bits per heavy atom. The van der Waals surface area contributed by atoms with E-state index in [2.05, 4.69) is 5.10 Å². The molecule has 0 aliphatic rings. The Labute approximate surface area is 76.5 Å². The van der Waals surface area contributed by atoms with Gasteiger partial charge in [0.1, 0.15) is 0 Å². The van der Waals surface area contributed by atoms with Crippen molar-refractivity contribution in [3.05, 3.63) is 22.4 Å². The lowest BCUT2D eigenvalue weighted by molar-refractivity contribution is -0.389. The number of nitro groups is 1. The van der Waals surface area contributed by atoms with Crippen molar-refractivity contribution in [3.8, 4) is 0 Å². The predicted molar refractivity (Wildman–Crippen MR) is 48.5 cm³/mol. The van der Waals surface area contributed by atoms with Crippen molar-refractivity contribution >= 4 is 5.82 Å². The topological polar surface area (TPSA) is 61.0 Å². The molecule has 0 fully saturated rings. The third-order valence-corrected chi connectivity index (χ3v) is 2.10. The number of hydrogen-bond donors (Lipinski definition) is 0. The van der Waals surface area contributed by atoms with Crippen molar-refractivity contribution in [1.29, 1.82) is 0 Å². The van der Waals surface area contributed by atoms with Crippen molar-refractivity contribution in [3.63, 3.8) is 0 Å². The largest absolute Gasteiger partial charge is 0.389 e. The maximum atomic E-state index is 10.3. The predicted octanol–water partition coefficient (Wildman–Crippen LogP) is 2.15. The first kappa shape index (κ1) is 9.70. The highest BCUT2D eigenvalue weighted by Crippen LogP contribution is 2.16. The fourth-order valence-corrected chi connectivity index (χ4v) is 1.29. The molecule has 1 rings (SSSR count). The summed E-state index contributed by atoms with van der Waals surface area (Å²) in [6, 6.07) is 1.70. The first-order valence-electron chi connectivity index (χ1n) is 4.38. The number of nitrogens with zero attached hydrogens (tertiary/aromatic N) is 3. The molecule has 0 radical (unpaired) electrons. The zero-order valence-corrected chi connectivity index (χ0v) is 7.80. The van der Waals surface area contributed by atoms with Crippen molar-refractivity contribution in [2.75, 3.05) is 0 Å². The molecule has 0 aliphatic carbocycles. The van der Waals surface area contributed by atoms with Gasteiger partial charge in [0.15, 0.2) is 0 Å². The highest BCUT2D eigenvalue weighted by molar-refractivity contribution is 5.14. The summed E-state index contributed by atoms with van der Waals surface area (Å²) < 4.78 is 1.66. The third-order valence-electron chi connectivity index (χ3n) is 2.10. The van der Waals surface area contributed by atoms with Gasteiger partial charge in [0.05, 0.1) is 23.4 Å². The molecule has 13 heavy (non-hydrogen) atoms. The lowest BCUT2D eigenvalue weighted by Gasteiger charge is -2.07. The molecule has 0 unspecified atom stereocenters. The molecule has 1 aromatic heterocycles. The van der Waals surface area contributed by atoms with Gasteiger partial charge in [-0.05, 0) is 17.8 Å². The molecule has 0 N–H and O–H groups in total. The number of hydrogen-bond acceptors (Lipinski definition) is 3. The highest BCUT2D eigenvalue weighted by Gasteiger charge is 2.15. The van der Waals surface area contributed by atoms with Crippen LogP contribution in [0, 0.1) is 10.1 Å². The molecule has 5 heteroatoms. The van der Waals surface area contributed by atoms with Crippen LogP contribution in [-0.2, 0) is 0 Å². The molecule has 0 aromatic carbocycles. The summed E-state index contributed by atoms with van der Waals surface area (Å²) in [7, 11) is 0. The molecule has 72 valence electrons. The minimum Gasteiger partial charge on any atom is -0.358 e. The third kappa shape index (κ3) is 2.05. The van der Waals surface area contributed by atoms with Gasteiger partial charge in [-0.1, -0.05) is 13.8 Å². The van der Waals surface area contributed by atoms with Gasteiger partial charge in [-0.3, -0.25) is 0 Å². The van der Waals surface area contributed by atoms with Crippen LogP contribution in [0.2, 0.25) is 0 Å². The molecular formula is C8H13N3O2. The Hall–Kier alpha value is -1.39. The average Bonchev–Trinajstić information content (AvgIpc) is 2.56. The van der Waals surface area contributed by atoms with Crippen LogP contribution in [0.3, 0.4) is 0 Å². The van der Waals surface area contributed by atoms with Crippen LogP contribution in [0.4, 0.5) is 5.82 Å². The second-order valence-corrected chi connectivity index (χ2v) is 2.88. The molecule has 5 nitrogen and oxygen atoms in total. The Balaban J connectivity index is 2.84. The van der Waals surface area contributed by atoms with Crippen LogP contribution >= 0.6 is 0 Å². The van der Waals surface area contributed by atoms with Crippen molar-refractivity contribution in [2.24, 2.45) is 0 Å².